The Morgan fingerprint density at radius 2 is 1.82 bits per heavy atom. The summed E-state index contributed by atoms with van der Waals surface area (Å²) in [5.74, 6) is 0.143. The van der Waals surface area contributed by atoms with E-state index < -0.39 is 6.10 Å². The number of aliphatic hydroxyl groups excluding tert-OH is 2. The lowest BCUT2D eigenvalue weighted by atomic mass is 9.86. The first-order chi connectivity index (χ1) is 8.15. The number of hydrogen-bond donors (Lipinski definition) is 2. The number of carbonyl (C=O) groups is 1. The summed E-state index contributed by atoms with van der Waals surface area (Å²) in [5, 5.41) is 19.3. The van der Waals surface area contributed by atoms with Crippen LogP contribution < -0.4 is 0 Å². The Bertz CT molecular complexity index is 228. The molecule has 2 N–H and O–H groups in total. The largest absolute Gasteiger partial charge is 0.396 e. The molecule has 0 aromatic carbocycles. The first-order valence-corrected chi connectivity index (χ1v) is 6.96. The molecule has 3 nitrogen and oxygen atoms in total. The molecule has 0 amide bonds. The van der Waals surface area contributed by atoms with Gasteiger partial charge in [0.15, 0.2) is 0 Å². The standard InChI is InChI=1S/C14H26O3/c1-11-9-14(17)12(10-15)7-5-3-2-4-6-8-13(11)16/h11-12,14-15,17H,2-10H2,1H3/t11-,12+,14-/m0/s1. The van der Waals surface area contributed by atoms with Crippen molar-refractivity contribution in [2.24, 2.45) is 11.8 Å². The number of aliphatic hydroxyl groups is 2. The maximum atomic E-state index is 11.8. The van der Waals surface area contributed by atoms with Crippen LogP contribution in [0.3, 0.4) is 0 Å². The quantitative estimate of drug-likeness (QED) is 0.741. The van der Waals surface area contributed by atoms with E-state index in [-0.39, 0.29) is 24.2 Å². The average Bonchev–Trinajstić information content (AvgIpc) is 2.30. The molecule has 1 aliphatic rings. The first kappa shape index (κ1) is 14.7. The summed E-state index contributed by atoms with van der Waals surface area (Å²) >= 11 is 0. The third kappa shape index (κ3) is 5.17. The lowest BCUT2D eigenvalue weighted by molar-refractivity contribution is -0.123. The Balaban J connectivity index is 2.55. The number of ketones is 1. The smallest absolute Gasteiger partial charge is 0.135 e. The lowest BCUT2D eigenvalue weighted by Gasteiger charge is -2.24. The highest BCUT2D eigenvalue weighted by Crippen LogP contribution is 2.22. The maximum absolute atomic E-state index is 11.8. The van der Waals surface area contributed by atoms with Gasteiger partial charge in [0.05, 0.1) is 6.10 Å². The Labute approximate surface area is 104 Å². The molecule has 1 saturated carbocycles. The molecular formula is C14H26O3. The SMILES string of the molecule is C[C@H]1C[C@H](O)[C@@H](CO)CCCCCCCC1=O. The van der Waals surface area contributed by atoms with Crippen LogP contribution in [0, 0.1) is 11.8 Å². The minimum atomic E-state index is -0.529. The van der Waals surface area contributed by atoms with Gasteiger partial charge in [-0.15, -0.1) is 0 Å². The fraction of sp³-hybridized carbons (Fsp3) is 0.929. The van der Waals surface area contributed by atoms with E-state index in [4.69, 9.17) is 0 Å². The van der Waals surface area contributed by atoms with Crippen molar-refractivity contribution >= 4 is 5.78 Å². The van der Waals surface area contributed by atoms with Crippen LogP contribution in [0.15, 0.2) is 0 Å². The molecular weight excluding hydrogens is 216 g/mol. The molecule has 100 valence electrons. The average molecular weight is 242 g/mol. The maximum Gasteiger partial charge on any atom is 0.135 e. The lowest BCUT2D eigenvalue weighted by Crippen LogP contribution is -2.28. The van der Waals surface area contributed by atoms with Crippen LogP contribution in [-0.2, 0) is 4.79 Å². The monoisotopic (exact) mass is 242 g/mol. The van der Waals surface area contributed by atoms with Gasteiger partial charge in [0.25, 0.3) is 0 Å². The van der Waals surface area contributed by atoms with Gasteiger partial charge >= 0.3 is 0 Å². The van der Waals surface area contributed by atoms with Crippen LogP contribution in [0.5, 0.6) is 0 Å². The van der Waals surface area contributed by atoms with Crippen molar-refractivity contribution < 1.29 is 15.0 Å². The van der Waals surface area contributed by atoms with Crippen LogP contribution in [-0.4, -0.2) is 28.7 Å². The van der Waals surface area contributed by atoms with Crippen LogP contribution in [0.2, 0.25) is 0 Å². The topological polar surface area (TPSA) is 57.5 Å². The van der Waals surface area contributed by atoms with Crippen molar-refractivity contribution in [1.29, 1.82) is 0 Å². The van der Waals surface area contributed by atoms with E-state index in [1.807, 2.05) is 6.92 Å². The van der Waals surface area contributed by atoms with Gasteiger partial charge in [-0.2, -0.15) is 0 Å². The van der Waals surface area contributed by atoms with E-state index in [2.05, 4.69) is 0 Å². The van der Waals surface area contributed by atoms with E-state index >= 15 is 0 Å². The van der Waals surface area contributed by atoms with Gasteiger partial charge in [-0.05, 0) is 19.3 Å². The van der Waals surface area contributed by atoms with Gasteiger partial charge in [0, 0.05) is 24.9 Å². The molecule has 3 atom stereocenters. The van der Waals surface area contributed by atoms with Gasteiger partial charge in [-0.3, -0.25) is 4.79 Å². The number of rotatable bonds is 1. The third-order valence-electron chi connectivity index (χ3n) is 3.92. The van der Waals surface area contributed by atoms with Gasteiger partial charge in [0.1, 0.15) is 5.78 Å². The van der Waals surface area contributed by atoms with E-state index in [1.165, 1.54) is 0 Å². The summed E-state index contributed by atoms with van der Waals surface area (Å²) in [7, 11) is 0. The highest BCUT2D eigenvalue weighted by Gasteiger charge is 2.23. The molecule has 1 rings (SSSR count). The summed E-state index contributed by atoms with van der Waals surface area (Å²) in [6.45, 7) is 1.92. The first-order valence-electron chi connectivity index (χ1n) is 6.96. The molecule has 0 unspecified atom stereocenters. The van der Waals surface area contributed by atoms with E-state index in [9.17, 15) is 15.0 Å². The number of carbonyl (C=O) groups excluding carboxylic acids is 1. The van der Waals surface area contributed by atoms with E-state index in [1.54, 1.807) is 0 Å². The Morgan fingerprint density at radius 1 is 1.18 bits per heavy atom. The van der Waals surface area contributed by atoms with E-state index in [0.29, 0.717) is 12.8 Å². The second-order valence-electron chi connectivity index (χ2n) is 5.42. The third-order valence-corrected chi connectivity index (χ3v) is 3.92. The number of hydrogen-bond acceptors (Lipinski definition) is 3. The molecule has 0 spiro atoms. The van der Waals surface area contributed by atoms with Crippen molar-refractivity contribution in [3.05, 3.63) is 0 Å². The zero-order valence-corrected chi connectivity index (χ0v) is 10.9. The van der Waals surface area contributed by atoms with Crippen LogP contribution in [0.25, 0.3) is 0 Å². The summed E-state index contributed by atoms with van der Waals surface area (Å²) in [4.78, 5) is 11.8. The van der Waals surface area contributed by atoms with Crippen molar-refractivity contribution in [1.82, 2.24) is 0 Å². The number of Topliss-reactive ketones (excluding diaryl/α,β-unsaturated/α-hetero) is 1. The van der Waals surface area contributed by atoms with Crippen LogP contribution in [0.1, 0.15) is 58.3 Å². The molecule has 3 heteroatoms. The molecule has 0 heterocycles. The molecule has 0 radical (unpaired) electrons. The van der Waals surface area contributed by atoms with Crippen LogP contribution in [0.4, 0.5) is 0 Å². The molecule has 1 aliphatic carbocycles. The van der Waals surface area contributed by atoms with Gasteiger partial charge in [-0.1, -0.05) is 32.6 Å². The molecule has 0 aromatic rings. The second-order valence-corrected chi connectivity index (χ2v) is 5.42. The summed E-state index contributed by atoms with van der Waals surface area (Å²) in [5.41, 5.74) is 0. The Hall–Kier alpha value is -0.410. The zero-order valence-electron chi connectivity index (χ0n) is 10.9. The van der Waals surface area contributed by atoms with E-state index in [0.717, 1.165) is 38.5 Å². The Kier molecular flexibility index (Phi) is 6.75. The highest BCUT2D eigenvalue weighted by molar-refractivity contribution is 5.80. The second kappa shape index (κ2) is 7.83. The molecule has 1 fully saturated rings. The molecule has 0 aliphatic heterocycles. The minimum Gasteiger partial charge on any atom is -0.396 e. The van der Waals surface area contributed by atoms with Crippen molar-refractivity contribution in [2.75, 3.05) is 6.61 Å². The van der Waals surface area contributed by atoms with Crippen molar-refractivity contribution in [2.45, 2.75) is 64.4 Å². The Morgan fingerprint density at radius 3 is 2.53 bits per heavy atom. The predicted molar refractivity (Wildman–Crippen MR) is 67.7 cm³/mol. The van der Waals surface area contributed by atoms with Crippen molar-refractivity contribution in [3.8, 4) is 0 Å². The summed E-state index contributed by atoms with van der Waals surface area (Å²) in [6, 6.07) is 0. The van der Waals surface area contributed by atoms with Gasteiger partial charge in [-0.25, -0.2) is 0 Å². The van der Waals surface area contributed by atoms with Crippen molar-refractivity contribution in [3.63, 3.8) is 0 Å². The zero-order chi connectivity index (χ0) is 12.7. The highest BCUT2D eigenvalue weighted by atomic mass is 16.3. The predicted octanol–water partition coefficient (Wildman–Crippen LogP) is 2.30. The van der Waals surface area contributed by atoms with Gasteiger partial charge < -0.3 is 10.2 Å². The fourth-order valence-corrected chi connectivity index (χ4v) is 2.57. The molecule has 0 bridgehead atoms. The van der Waals surface area contributed by atoms with Crippen LogP contribution >= 0.6 is 0 Å². The normalized spacial score (nSPS) is 33.8. The summed E-state index contributed by atoms with van der Waals surface area (Å²) in [6.07, 6.45) is 7.00. The molecule has 0 aromatic heterocycles. The molecule has 17 heavy (non-hydrogen) atoms. The fourth-order valence-electron chi connectivity index (χ4n) is 2.57. The minimum absolute atomic E-state index is 0.0298. The van der Waals surface area contributed by atoms with Gasteiger partial charge in [0.2, 0.25) is 0 Å². The molecule has 0 saturated heterocycles. The summed E-state index contributed by atoms with van der Waals surface area (Å²) < 4.78 is 0.